The SMILES string of the molecule is COc1ccccc1N1CC[NH+]([C@@H](C)C(=O)Nc2cc(F)ccc2F)CC1. The van der Waals surface area contributed by atoms with E-state index in [-0.39, 0.29) is 17.6 Å². The van der Waals surface area contributed by atoms with Gasteiger partial charge in [0.05, 0.1) is 44.7 Å². The van der Waals surface area contributed by atoms with Crippen LogP contribution in [0.3, 0.4) is 0 Å². The Morgan fingerprint density at radius 2 is 1.89 bits per heavy atom. The van der Waals surface area contributed by atoms with Crippen LogP contribution in [-0.2, 0) is 4.79 Å². The minimum Gasteiger partial charge on any atom is -0.495 e. The monoisotopic (exact) mass is 376 g/mol. The molecule has 1 aliphatic heterocycles. The molecular weight excluding hydrogens is 352 g/mol. The number of nitrogens with one attached hydrogen (secondary N) is 2. The molecule has 0 unspecified atom stereocenters. The molecule has 144 valence electrons. The number of quaternary nitrogens is 1. The van der Waals surface area contributed by atoms with Crippen molar-refractivity contribution >= 4 is 17.3 Å². The molecule has 1 amide bonds. The van der Waals surface area contributed by atoms with Gasteiger partial charge in [-0.15, -0.1) is 0 Å². The van der Waals surface area contributed by atoms with E-state index in [9.17, 15) is 13.6 Å². The first-order chi connectivity index (χ1) is 13.0. The van der Waals surface area contributed by atoms with Crippen molar-refractivity contribution in [3.8, 4) is 5.75 Å². The van der Waals surface area contributed by atoms with Crippen molar-refractivity contribution in [2.24, 2.45) is 0 Å². The third-order valence-corrected chi connectivity index (χ3v) is 5.02. The molecule has 2 aromatic rings. The molecule has 1 atom stereocenters. The van der Waals surface area contributed by atoms with Crippen LogP contribution in [0.25, 0.3) is 0 Å². The lowest BCUT2D eigenvalue weighted by Gasteiger charge is -2.36. The Balaban J connectivity index is 1.60. The van der Waals surface area contributed by atoms with E-state index in [0.29, 0.717) is 0 Å². The van der Waals surface area contributed by atoms with Gasteiger partial charge in [-0.1, -0.05) is 12.1 Å². The first-order valence-electron chi connectivity index (χ1n) is 8.98. The Morgan fingerprint density at radius 3 is 2.59 bits per heavy atom. The summed E-state index contributed by atoms with van der Waals surface area (Å²) in [5.74, 6) is -0.723. The highest BCUT2D eigenvalue weighted by Crippen LogP contribution is 2.27. The Labute approximate surface area is 157 Å². The second-order valence-electron chi connectivity index (χ2n) is 6.65. The van der Waals surface area contributed by atoms with Gasteiger partial charge in [-0.25, -0.2) is 8.78 Å². The summed E-state index contributed by atoms with van der Waals surface area (Å²) in [6.07, 6.45) is 0. The number of halogens is 2. The molecule has 0 aromatic heterocycles. The topological polar surface area (TPSA) is 46.0 Å². The number of hydrogen-bond acceptors (Lipinski definition) is 3. The van der Waals surface area contributed by atoms with Crippen LogP contribution in [0.15, 0.2) is 42.5 Å². The number of amides is 1. The van der Waals surface area contributed by atoms with Gasteiger partial charge >= 0.3 is 0 Å². The van der Waals surface area contributed by atoms with Crippen molar-refractivity contribution in [1.29, 1.82) is 0 Å². The molecule has 3 rings (SSSR count). The number of methoxy groups -OCH3 is 1. The van der Waals surface area contributed by atoms with E-state index in [4.69, 9.17) is 4.74 Å². The molecule has 0 radical (unpaired) electrons. The highest BCUT2D eigenvalue weighted by atomic mass is 19.1. The molecule has 0 spiro atoms. The van der Waals surface area contributed by atoms with Crippen molar-refractivity contribution in [3.63, 3.8) is 0 Å². The maximum absolute atomic E-state index is 13.7. The average Bonchev–Trinajstić information content (AvgIpc) is 2.70. The summed E-state index contributed by atoms with van der Waals surface area (Å²) in [5, 5.41) is 2.50. The fraction of sp³-hybridized carbons (Fsp3) is 0.350. The number of carbonyl (C=O) groups excluding carboxylic acids is 1. The molecule has 1 fully saturated rings. The van der Waals surface area contributed by atoms with Crippen LogP contribution in [0.2, 0.25) is 0 Å². The number of para-hydroxylation sites is 2. The second kappa shape index (κ2) is 8.35. The van der Waals surface area contributed by atoms with Gasteiger partial charge in [-0.2, -0.15) is 0 Å². The third kappa shape index (κ3) is 4.36. The molecule has 7 heteroatoms. The third-order valence-electron chi connectivity index (χ3n) is 5.02. The summed E-state index contributed by atoms with van der Waals surface area (Å²) < 4.78 is 32.4. The molecule has 5 nitrogen and oxygen atoms in total. The minimum absolute atomic E-state index is 0.126. The number of hydrogen-bond donors (Lipinski definition) is 2. The lowest BCUT2D eigenvalue weighted by molar-refractivity contribution is -0.914. The largest absolute Gasteiger partial charge is 0.495 e. The molecule has 2 aromatic carbocycles. The van der Waals surface area contributed by atoms with E-state index < -0.39 is 11.6 Å². The zero-order valence-corrected chi connectivity index (χ0v) is 15.5. The minimum atomic E-state index is -0.645. The Hall–Kier alpha value is -2.67. The predicted octanol–water partition coefficient (Wildman–Crippen LogP) is 1.71. The molecule has 27 heavy (non-hydrogen) atoms. The summed E-state index contributed by atoms with van der Waals surface area (Å²) >= 11 is 0. The quantitative estimate of drug-likeness (QED) is 0.835. The summed E-state index contributed by atoms with van der Waals surface area (Å²) in [5.41, 5.74) is 0.914. The lowest BCUT2D eigenvalue weighted by atomic mass is 10.2. The maximum atomic E-state index is 13.7. The summed E-state index contributed by atoms with van der Waals surface area (Å²) in [6.45, 7) is 4.89. The molecule has 1 saturated heterocycles. The molecule has 2 N–H and O–H groups in total. The highest BCUT2D eigenvalue weighted by Gasteiger charge is 2.30. The summed E-state index contributed by atoms with van der Waals surface area (Å²) in [7, 11) is 1.65. The predicted molar refractivity (Wildman–Crippen MR) is 100 cm³/mol. The van der Waals surface area contributed by atoms with Crippen molar-refractivity contribution in [2.45, 2.75) is 13.0 Å². The highest BCUT2D eigenvalue weighted by molar-refractivity contribution is 5.93. The van der Waals surface area contributed by atoms with Crippen molar-refractivity contribution < 1.29 is 23.2 Å². The number of rotatable bonds is 5. The van der Waals surface area contributed by atoms with Gasteiger partial charge < -0.3 is 19.9 Å². The Morgan fingerprint density at radius 1 is 1.19 bits per heavy atom. The van der Waals surface area contributed by atoms with E-state index >= 15 is 0 Å². The molecule has 0 aliphatic carbocycles. The van der Waals surface area contributed by atoms with Crippen LogP contribution >= 0.6 is 0 Å². The van der Waals surface area contributed by atoms with Crippen LogP contribution < -0.4 is 19.9 Å². The van der Waals surface area contributed by atoms with Gasteiger partial charge in [-0.05, 0) is 31.2 Å². The van der Waals surface area contributed by atoms with Gasteiger partial charge in [0, 0.05) is 6.07 Å². The van der Waals surface area contributed by atoms with E-state index in [1.54, 1.807) is 14.0 Å². The smallest absolute Gasteiger partial charge is 0.282 e. The molecule has 0 saturated carbocycles. The first-order valence-corrected chi connectivity index (χ1v) is 8.98. The zero-order valence-electron chi connectivity index (χ0n) is 15.5. The van der Waals surface area contributed by atoms with Crippen LogP contribution in [0.4, 0.5) is 20.2 Å². The fourth-order valence-corrected chi connectivity index (χ4v) is 3.38. The summed E-state index contributed by atoms with van der Waals surface area (Å²) in [4.78, 5) is 15.8. The summed E-state index contributed by atoms with van der Waals surface area (Å²) in [6, 6.07) is 10.5. The second-order valence-corrected chi connectivity index (χ2v) is 6.65. The van der Waals surface area contributed by atoms with Gasteiger partial charge in [0.1, 0.15) is 17.4 Å². The van der Waals surface area contributed by atoms with Gasteiger partial charge in [0.2, 0.25) is 0 Å². The molecule has 1 aliphatic rings. The van der Waals surface area contributed by atoms with Crippen LogP contribution in [0.5, 0.6) is 5.75 Å². The van der Waals surface area contributed by atoms with Gasteiger partial charge in [-0.3, -0.25) is 4.79 Å². The van der Waals surface area contributed by atoms with E-state index in [2.05, 4.69) is 10.2 Å². The van der Waals surface area contributed by atoms with Gasteiger partial charge in [0.25, 0.3) is 5.91 Å². The zero-order chi connectivity index (χ0) is 19.4. The number of ether oxygens (including phenoxy) is 1. The van der Waals surface area contributed by atoms with Crippen molar-refractivity contribution in [1.82, 2.24) is 0 Å². The van der Waals surface area contributed by atoms with Crippen LogP contribution in [0.1, 0.15) is 6.92 Å². The van der Waals surface area contributed by atoms with Crippen molar-refractivity contribution in [2.75, 3.05) is 43.5 Å². The number of nitrogens with zero attached hydrogens (tertiary/aromatic N) is 1. The Bertz CT molecular complexity index is 808. The van der Waals surface area contributed by atoms with Gasteiger partial charge in [0.15, 0.2) is 6.04 Å². The van der Waals surface area contributed by atoms with Crippen LogP contribution in [-0.4, -0.2) is 45.2 Å². The van der Waals surface area contributed by atoms with Crippen molar-refractivity contribution in [3.05, 3.63) is 54.1 Å². The fourth-order valence-electron chi connectivity index (χ4n) is 3.38. The number of carbonyl (C=O) groups is 1. The lowest BCUT2D eigenvalue weighted by Crippen LogP contribution is -3.19. The standard InChI is InChI=1S/C20H23F2N3O2/c1-14(20(26)23-17-13-15(21)7-8-16(17)22)24-9-11-25(12-10-24)18-5-3-4-6-19(18)27-2/h3-8,13-14H,9-12H2,1-2H3,(H,23,26)/p+1/t14-/m0/s1. The number of anilines is 2. The number of piperazine rings is 1. The average molecular weight is 376 g/mol. The molecule has 1 heterocycles. The van der Waals surface area contributed by atoms with E-state index in [1.807, 2.05) is 24.3 Å². The Kier molecular flexibility index (Phi) is 5.91. The number of benzene rings is 2. The van der Waals surface area contributed by atoms with Crippen LogP contribution in [0, 0.1) is 11.6 Å². The van der Waals surface area contributed by atoms with E-state index in [0.717, 1.165) is 60.7 Å². The van der Waals surface area contributed by atoms with E-state index in [1.165, 1.54) is 0 Å². The normalized spacial score (nSPS) is 16.1. The molecular formula is C20H24F2N3O2+. The molecule has 0 bridgehead atoms. The first kappa shape index (κ1) is 19.1. The maximum Gasteiger partial charge on any atom is 0.282 e.